The highest BCUT2D eigenvalue weighted by molar-refractivity contribution is 5.89. The second kappa shape index (κ2) is 6.89. The summed E-state index contributed by atoms with van der Waals surface area (Å²) in [7, 11) is 0. The van der Waals surface area contributed by atoms with Gasteiger partial charge in [-0.2, -0.15) is 13.2 Å². The van der Waals surface area contributed by atoms with Gasteiger partial charge in [0.2, 0.25) is 0 Å². The summed E-state index contributed by atoms with van der Waals surface area (Å²) in [5, 5.41) is 3.24. The highest BCUT2D eigenvalue weighted by atomic mass is 19.4. The van der Waals surface area contributed by atoms with Gasteiger partial charge in [-0.1, -0.05) is 0 Å². The van der Waals surface area contributed by atoms with Gasteiger partial charge in [-0.15, -0.1) is 0 Å². The largest absolute Gasteiger partial charge is 0.462 e. The van der Waals surface area contributed by atoms with Gasteiger partial charge in [-0.25, -0.2) is 4.79 Å². The molecule has 0 amide bonds. The second-order valence-corrected chi connectivity index (χ2v) is 5.08. The van der Waals surface area contributed by atoms with Crippen molar-refractivity contribution in [2.75, 3.05) is 19.7 Å². The Morgan fingerprint density at radius 2 is 2.05 bits per heavy atom. The third-order valence-electron chi connectivity index (χ3n) is 3.52. The van der Waals surface area contributed by atoms with Crippen LogP contribution in [-0.4, -0.2) is 30.6 Å². The van der Waals surface area contributed by atoms with Crippen LogP contribution in [0.25, 0.3) is 0 Å². The minimum absolute atomic E-state index is 0.171. The molecule has 2 rings (SSSR count). The Kier molecular flexibility index (Phi) is 5.17. The second-order valence-electron chi connectivity index (χ2n) is 5.08. The number of nitrogens with one attached hydrogen (secondary N) is 1. The number of rotatable bonds is 4. The summed E-state index contributed by atoms with van der Waals surface area (Å²) in [5.41, 5.74) is -1.12. The molecular weight excluding hydrogens is 285 g/mol. The lowest BCUT2D eigenvalue weighted by molar-refractivity contribution is -0.137. The minimum atomic E-state index is -4.52. The number of nitrogens with zero attached hydrogens (tertiary/aromatic N) is 1. The maximum absolute atomic E-state index is 12.5. The van der Waals surface area contributed by atoms with Crippen LogP contribution in [0.5, 0.6) is 0 Å². The molecular formula is C14H17F3N2O2. The molecule has 0 spiro atoms. The van der Waals surface area contributed by atoms with Crippen molar-refractivity contribution >= 4 is 5.97 Å². The summed E-state index contributed by atoms with van der Waals surface area (Å²) in [6.45, 7) is 2.13. The molecule has 7 heteroatoms. The van der Waals surface area contributed by atoms with E-state index >= 15 is 0 Å². The molecule has 1 aliphatic heterocycles. The molecule has 1 fully saturated rings. The molecule has 1 N–H and O–H groups in total. The third-order valence-corrected chi connectivity index (χ3v) is 3.52. The van der Waals surface area contributed by atoms with Crippen LogP contribution in [0.1, 0.15) is 35.2 Å². The number of carbonyl (C=O) groups excluding carboxylic acids is 1. The zero-order valence-corrected chi connectivity index (χ0v) is 11.4. The summed E-state index contributed by atoms with van der Waals surface area (Å²) in [6, 6.07) is 0.764. The van der Waals surface area contributed by atoms with E-state index in [9.17, 15) is 18.0 Å². The van der Waals surface area contributed by atoms with Crippen LogP contribution in [0.4, 0.5) is 13.2 Å². The number of halogens is 3. The molecule has 0 unspecified atom stereocenters. The molecule has 1 aromatic heterocycles. The number of alkyl halides is 3. The van der Waals surface area contributed by atoms with E-state index in [-0.39, 0.29) is 12.2 Å². The molecule has 1 saturated heterocycles. The van der Waals surface area contributed by atoms with E-state index in [1.54, 1.807) is 0 Å². The van der Waals surface area contributed by atoms with Crippen molar-refractivity contribution in [3.8, 4) is 0 Å². The van der Waals surface area contributed by atoms with Crippen molar-refractivity contribution in [2.45, 2.75) is 25.4 Å². The number of hydrogen-bond donors (Lipinski definition) is 1. The van der Waals surface area contributed by atoms with E-state index in [1.807, 2.05) is 0 Å². The fraction of sp³-hybridized carbons (Fsp3) is 0.571. The van der Waals surface area contributed by atoms with Crippen LogP contribution < -0.4 is 5.32 Å². The predicted molar refractivity (Wildman–Crippen MR) is 69.7 cm³/mol. The number of piperidine rings is 1. The SMILES string of the molecule is O=C(OCCC1CCNCC1)c1cncc(C(F)(F)F)c1. The Hall–Kier alpha value is -1.63. The standard InChI is InChI=1S/C14H17F3N2O2/c15-14(16,17)12-7-11(8-19-9-12)13(20)21-6-3-10-1-4-18-5-2-10/h7-10,18H,1-6H2. The number of pyridine rings is 1. The zero-order chi connectivity index (χ0) is 15.3. The molecule has 0 radical (unpaired) electrons. The number of carbonyl (C=O) groups is 1. The Morgan fingerprint density at radius 3 is 2.71 bits per heavy atom. The molecule has 21 heavy (non-hydrogen) atoms. The number of esters is 1. The highest BCUT2D eigenvalue weighted by Gasteiger charge is 2.31. The van der Waals surface area contributed by atoms with Crippen molar-refractivity contribution in [3.63, 3.8) is 0 Å². The average Bonchev–Trinajstić information content (AvgIpc) is 2.47. The van der Waals surface area contributed by atoms with Crippen LogP contribution in [0.3, 0.4) is 0 Å². The first-order valence-electron chi connectivity index (χ1n) is 6.87. The molecule has 2 heterocycles. The maximum atomic E-state index is 12.5. The molecule has 0 saturated carbocycles. The topological polar surface area (TPSA) is 51.2 Å². The number of aromatic nitrogens is 1. The lowest BCUT2D eigenvalue weighted by Gasteiger charge is -2.22. The minimum Gasteiger partial charge on any atom is -0.462 e. The molecule has 0 bridgehead atoms. The third kappa shape index (κ3) is 4.70. The van der Waals surface area contributed by atoms with Gasteiger partial charge in [0.15, 0.2) is 0 Å². The van der Waals surface area contributed by atoms with Crippen LogP contribution in [0.15, 0.2) is 18.5 Å². The van der Waals surface area contributed by atoms with Gasteiger partial charge in [-0.05, 0) is 44.3 Å². The molecule has 1 aliphatic rings. The summed E-state index contributed by atoms with van der Waals surface area (Å²) >= 11 is 0. The van der Waals surface area contributed by atoms with Crippen molar-refractivity contribution in [1.29, 1.82) is 0 Å². The monoisotopic (exact) mass is 302 g/mol. The van der Waals surface area contributed by atoms with Crippen molar-refractivity contribution in [2.24, 2.45) is 5.92 Å². The van der Waals surface area contributed by atoms with E-state index in [1.165, 1.54) is 0 Å². The Labute approximate surface area is 120 Å². The molecule has 0 atom stereocenters. The highest BCUT2D eigenvalue weighted by Crippen LogP contribution is 2.29. The fourth-order valence-corrected chi connectivity index (χ4v) is 2.28. The van der Waals surface area contributed by atoms with E-state index in [0.717, 1.165) is 44.6 Å². The van der Waals surface area contributed by atoms with Gasteiger partial charge in [-0.3, -0.25) is 4.98 Å². The predicted octanol–water partition coefficient (Wildman–Crippen LogP) is 2.65. The van der Waals surface area contributed by atoms with Crippen molar-refractivity contribution in [3.05, 3.63) is 29.6 Å². The van der Waals surface area contributed by atoms with Gasteiger partial charge in [0, 0.05) is 12.4 Å². The van der Waals surface area contributed by atoms with Crippen LogP contribution in [-0.2, 0) is 10.9 Å². The lowest BCUT2D eigenvalue weighted by Crippen LogP contribution is -2.28. The van der Waals surface area contributed by atoms with E-state index < -0.39 is 17.7 Å². The maximum Gasteiger partial charge on any atom is 0.417 e. The first kappa shape index (κ1) is 15.8. The first-order chi connectivity index (χ1) is 9.97. The van der Waals surface area contributed by atoms with Crippen LogP contribution in [0, 0.1) is 5.92 Å². The Bertz CT molecular complexity index is 485. The normalized spacial score (nSPS) is 16.7. The van der Waals surface area contributed by atoms with E-state index in [0.29, 0.717) is 12.1 Å². The van der Waals surface area contributed by atoms with Crippen molar-refractivity contribution < 1.29 is 22.7 Å². The summed E-state index contributed by atoms with van der Waals surface area (Å²) in [4.78, 5) is 15.2. The average molecular weight is 302 g/mol. The Balaban J connectivity index is 1.85. The molecule has 1 aromatic rings. The van der Waals surface area contributed by atoms with Gasteiger partial charge in [0.05, 0.1) is 17.7 Å². The molecule has 0 aromatic carbocycles. The quantitative estimate of drug-likeness (QED) is 0.869. The molecule has 0 aliphatic carbocycles. The number of ether oxygens (including phenoxy) is 1. The summed E-state index contributed by atoms with van der Waals surface area (Å²) in [5.74, 6) is -0.263. The van der Waals surface area contributed by atoms with Gasteiger partial charge in [0.25, 0.3) is 0 Å². The molecule has 4 nitrogen and oxygen atoms in total. The number of hydrogen-bond acceptors (Lipinski definition) is 4. The van der Waals surface area contributed by atoms with Crippen molar-refractivity contribution in [1.82, 2.24) is 10.3 Å². The Morgan fingerprint density at radius 1 is 1.33 bits per heavy atom. The van der Waals surface area contributed by atoms with Crippen LogP contribution in [0.2, 0.25) is 0 Å². The summed E-state index contributed by atoms with van der Waals surface area (Å²) < 4.78 is 42.6. The van der Waals surface area contributed by atoms with Gasteiger partial charge >= 0.3 is 12.1 Å². The molecule has 116 valence electrons. The van der Waals surface area contributed by atoms with E-state index in [4.69, 9.17) is 4.74 Å². The smallest absolute Gasteiger partial charge is 0.417 e. The zero-order valence-electron chi connectivity index (χ0n) is 11.4. The first-order valence-corrected chi connectivity index (χ1v) is 6.87. The lowest BCUT2D eigenvalue weighted by atomic mass is 9.95. The van der Waals surface area contributed by atoms with E-state index in [2.05, 4.69) is 10.3 Å². The van der Waals surface area contributed by atoms with Gasteiger partial charge < -0.3 is 10.1 Å². The van der Waals surface area contributed by atoms with Crippen LogP contribution >= 0.6 is 0 Å². The van der Waals surface area contributed by atoms with Gasteiger partial charge in [0.1, 0.15) is 0 Å². The fourth-order valence-electron chi connectivity index (χ4n) is 2.28. The summed E-state index contributed by atoms with van der Waals surface area (Å²) in [6.07, 6.45) is 0.0530.